The minimum absolute atomic E-state index is 0.0525. The molecule has 1 nitrogen and oxygen atoms in total. The van der Waals surface area contributed by atoms with Crippen LogP contribution in [0.15, 0.2) is 161 Å². The molecule has 1 atom stereocenters. The number of benzene rings is 7. The summed E-state index contributed by atoms with van der Waals surface area (Å²) in [5, 5.41) is 2.61. The monoisotopic (exact) mass is 629 g/mol. The quantitative estimate of drug-likeness (QED) is 0.175. The predicted molar refractivity (Wildman–Crippen MR) is 200 cm³/mol. The molecule has 1 unspecified atom stereocenters. The first-order valence-electron chi connectivity index (χ1n) is 16.9. The highest BCUT2D eigenvalue weighted by molar-refractivity contribution is 7.99. The first-order valence-corrected chi connectivity index (χ1v) is 17.7. The van der Waals surface area contributed by atoms with Gasteiger partial charge in [-0.05, 0) is 79.9 Å². The van der Waals surface area contributed by atoms with Gasteiger partial charge in [0, 0.05) is 26.0 Å². The highest BCUT2D eigenvalue weighted by atomic mass is 32.2. The van der Waals surface area contributed by atoms with Crippen LogP contribution < -0.4 is 0 Å². The number of para-hydroxylation sites is 3. The number of rotatable bonds is 1. The standard InChI is InChI=1S/C46H31NS/c1-45(2)34-17-5-3-13-30(34)31-26-25-28(27-39(31)45)29-15-11-21-38-44(29)48-42-24-10-7-19-36(42)46(38)35-18-6-9-23-41(35)47-40-22-8-4-14-32(40)33-16-12-20-37(46)43(33)47/h3-27H,1-2H3. The Balaban J connectivity index is 1.25. The van der Waals surface area contributed by atoms with Gasteiger partial charge in [0.1, 0.15) is 0 Å². The van der Waals surface area contributed by atoms with Crippen LogP contribution in [0.3, 0.4) is 0 Å². The van der Waals surface area contributed by atoms with E-state index in [0.29, 0.717) is 0 Å². The minimum Gasteiger partial charge on any atom is -0.309 e. The third-order valence-electron chi connectivity index (χ3n) is 11.5. The van der Waals surface area contributed by atoms with Crippen LogP contribution in [-0.4, -0.2) is 4.57 Å². The average molecular weight is 630 g/mol. The molecule has 0 fully saturated rings. The molecule has 2 heteroatoms. The Morgan fingerprint density at radius 2 is 1.12 bits per heavy atom. The van der Waals surface area contributed by atoms with Crippen LogP contribution in [0, 0.1) is 0 Å². The fourth-order valence-electron chi connectivity index (χ4n) is 9.44. The van der Waals surface area contributed by atoms with E-state index in [2.05, 4.69) is 170 Å². The fraction of sp³-hybridized carbons (Fsp3) is 0.0870. The maximum Gasteiger partial charge on any atom is 0.0764 e. The molecule has 1 aromatic heterocycles. The number of fused-ring (bicyclic) bond motifs is 14. The molecule has 0 saturated carbocycles. The topological polar surface area (TPSA) is 4.93 Å². The number of aromatic nitrogens is 1. The lowest BCUT2D eigenvalue weighted by molar-refractivity contribution is 0.660. The summed E-state index contributed by atoms with van der Waals surface area (Å²) < 4.78 is 2.52. The summed E-state index contributed by atoms with van der Waals surface area (Å²) in [7, 11) is 0. The smallest absolute Gasteiger partial charge is 0.0764 e. The van der Waals surface area contributed by atoms with E-state index in [1.807, 2.05) is 11.8 Å². The van der Waals surface area contributed by atoms with Gasteiger partial charge >= 0.3 is 0 Å². The molecule has 1 aliphatic carbocycles. The molecule has 0 N–H and O–H groups in total. The zero-order valence-electron chi connectivity index (χ0n) is 26.8. The van der Waals surface area contributed by atoms with E-state index in [1.165, 1.54) is 92.9 Å². The first kappa shape index (κ1) is 26.7. The van der Waals surface area contributed by atoms with Gasteiger partial charge in [0.2, 0.25) is 0 Å². The van der Waals surface area contributed by atoms with Crippen LogP contribution in [0.2, 0.25) is 0 Å². The van der Waals surface area contributed by atoms with Crippen molar-refractivity contribution in [2.24, 2.45) is 0 Å². The van der Waals surface area contributed by atoms with Gasteiger partial charge in [0.25, 0.3) is 0 Å². The summed E-state index contributed by atoms with van der Waals surface area (Å²) in [5.41, 5.74) is 16.9. The van der Waals surface area contributed by atoms with E-state index in [-0.39, 0.29) is 5.41 Å². The molecule has 8 aromatic rings. The van der Waals surface area contributed by atoms with Gasteiger partial charge in [-0.15, -0.1) is 0 Å². The maximum atomic E-state index is 2.52. The largest absolute Gasteiger partial charge is 0.309 e. The molecule has 2 aliphatic heterocycles. The van der Waals surface area contributed by atoms with Gasteiger partial charge in [0.05, 0.1) is 22.1 Å². The van der Waals surface area contributed by atoms with Crippen LogP contribution in [0.1, 0.15) is 47.2 Å². The van der Waals surface area contributed by atoms with Gasteiger partial charge in [-0.2, -0.15) is 0 Å². The summed E-state index contributed by atoms with van der Waals surface area (Å²) in [6.45, 7) is 4.75. The van der Waals surface area contributed by atoms with E-state index < -0.39 is 5.41 Å². The lowest BCUT2D eigenvalue weighted by Crippen LogP contribution is -2.37. The highest BCUT2D eigenvalue weighted by Gasteiger charge is 2.49. The Labute approximate surface area is 284 Å². The zero-order chi connectivity index (χ0) is 31.8. The van der Waals surface area contributed by atoms with E-state index in [9.17, 15) is 0 Å². The van der Waals surface area contributed by atoms with E-state index >= 15 is 0 Å². The number of hydrogen-bond donors (Lipinski definition) is 0. The normalized spacial score (nSPS) is 17.5. The predicted octanol–water partition coefficient (Wildman–Crippen LogP) is 11.9. The second kappa shape index (κ2) is 9.18. The summed E-state index contributed by atoms with van der Waals surface area (Å²) in [6, 6.07) is 57.3. The average Bonchev–Trinajstić information content (AvgIpc) is 3.59. The molecule has 0 saturated heterocycles. The molecule has 3 aliphatic rings. The second-order valence-corrected chi connectivity index (χ2v) is 15.1. The van der Waals surface area contributed by atoms with E-state index in [0.717, 1.165) is 0 Å². The van der Waals surface area contributed by atoms with Crippen LogP contribution in [0.25, 0.3) is 49.7 Å². The van der Waals surface area contributed by atoms with Gasteiger partial charge in [-0.25, -0.2) is 0 Å². The third-order valence-corrected chi connectivity index (χ3v) is 12.7. The Hall–Kier alpha value is -5.31. The highest BCUT2D eigenvalue weighted by Crippen LogP contribution is 2.62. The lowest BCUT2D eigenvalue weighted by Gasteiger charge is -2.45. The summed E-state index contributed by atoms with van der Waals surface area (Å²) in [5.74, 6) is 0. The Kier molecular flexibility index (Phi) is 5.11. The van der Waals surface area contributed by atoms with Gasteiger partial charge in [-0.1, -0.05) is 153 Å². The van der Waals surface area contributed by atoms with Crippen molar-refractivity contribution in [2.75, 3.05) is 0 Å². The lowest BCUT2D eigenvalue weighted by atomic mass is 9.62. The molecular formula is C46H31NS. The molecule has 1 spiro atoms. The van der Waals surface area contributed by atoms with E-state index in [4.69, 9.17) is 0 Å². The summed E-state index contributed by atoms with van der Waals surface area (Å²) in [4.78, 5) is 2.67. The first-order chi connectivity index (χ1) is 23.6. The maximum absolute atomic E-state index is 2.52. The molecule has 0 radical (unpaired) electrons. The number of hydrogen-bond acceptors (Lipinski definition) is 1. The molecule has 0 bridgehead atoms. The molecular weight excluding hydrogens is 599 g/mol. The van der Waals surface area contributed by atoms with Crippen LogP contribution >= 0.6 is 11.8 Å². The van der Waals surface area contributed by atoms with Gasteiger partial charge < -0.3 is 4.57 Å². The van der Waals surface area contributed by atoms with Crippen molar-refractivity contribution >= 4 is 33.6 Å². The minimum atomic E-state index is -0.472. The molecule has 0 amide bonds. The van der Waals surface area contributed by atoms with Crippen molar-refractivity contribution in [1.82, 2.24) is 4.57 Å². The summed E-state index contributed by atoms with van der Waals surface area (Å²) >= 11 is 1.94. The van der Waals surface area contributed by atoms with Crippen molar-refractivity contribution in [3.8, 4) is 27.9 Å². The van der Waals surface area contributed by atoms with Gasteiger partial charge in [-0.3, -0.25) is 0 Å². The third kappa shape index (κ3) is 3.10. The zero-order valence-corrected chi connectivity index (χ0v) is 27.6. The molecule has 48 heavy (non-hydrogen) atoms. The molecule has 3 heterocycles. The Morgan fingerprint density at radius 3 is 2.04 bits per heavy atom. The van der Waals surface area contributed by atoms with Crippen molar-refractivity contribution in [1.29, 1.82) is 0 Å². The van der Waals surface area contributed by atoms with Crippen LogP contribution in [0.5, 0.6) is 0 Å². The van der Waals surface area contributed by atoms with Crippen molar-refractivity contribution in [3.05, 3.63) is 185 Å². The SMILES string of the molecule is CC1(C)c2ccccc2-c2ccc(-c3cccc4c3Sc3ccccc3C43c4ccccc4-n4c5ccccc5c5cccc3c54)cc21. The molecule has 11 rings (SSSR count). The van der Waals surface area contributed by atoms with Crippen molar-refractivity contribution in [2.45, 2.75) is 34.5 Å². The second-order valence-electron chi connectivity index (χ2n) is 14.0. The fourth-order valence-corrected chi connectivity index (χ4v) is 10.8. The van der Waals surface area contributed by atoms with Crippen LogP contribution in [0.4, 0.5) is 0 Å². The van der Waals surface area contributed by atoms with Crippen molar-refractivity contribution < 1.29 is 0 Å². The Bertz CT molecular complexity index is 2690. The Morgan fingerprint density at radius 1 is 0.479 bits per heavy atom. The summed E-state index contributed by atoms with van der Waals surface area (Å²) in [6.07, 6.45) is 0. The molecule has 226 valence electrons. The van der Waals surface area contributed by atoms with Gasteiger partial charge in [0.15, 0.2) is 0 Å². The van der Waals surface area contributed by atoms with E-state index in [1.54, 1.807) is 0 Å². The van der Waals surface area contributed by atoms with Crippen molar-refractivity contribution in [3.63, 3.8) is 0 Å². The number of nitrogens with zero attached hydrogens (tertiary/aromatic N) is 1. The van der Waals surface area contributed by atoms with Crippen LogP contribution in [-0.2, 0) is 10.8 Å². The molecule has 7 aromatic carbocycles.